The van der Waals surface area contributed by atoms with E-state index in [0.29, 0.717) is 13.0 Å². The number of aldehydes is 1. The van der Waals surface area contributed by atoms with Crippen molar-refractivity contribution in [2.45, 2.75) is 25.0 Å². The van der Waals surface area contributed by atoms with Gasteiger partial charge in [0, 0.05) is 0 Å². The van der Waals surface area contributed by atoms with Crippen molar-refractivity contribution < 1.29 is 41.4 Å². The fourth-order valence-electron chi connectivity index (χ4n) is 0.776. The Balaban J connectivity index is 0. The first kappa shape index (κ1) is 18.5. The average Bonchev–Trinajstić information content (AvgIpc) is 2.18. The summed E-state index contributed by atoms with van der Waals surface area (Å²) in [6.45, 7) is 0.571. The number of rotatable bonds is 0. The molecule has 1 rings (SSSR count). The number of halogens is 6. The normalized spacial score (nSPS) is 20.7. The maximum absolute atomic E-state index is 11.8. The smallest absolute Gasteiger partial charge is 0.412 e. The van der Waals surface area contributed by atoms with Crippen LogP contribution < -0.4 is 5.32 Å². The van der Waals surface area contributed by atoms with Gasteiger partial charge < -0.3 is 10.2 Å². The predicted molar refractivity (Wildman–Crippen MR) is 44.1 cm³/mol. The molecule has 1 aliphatic heterocycles. The van der Waals surface area contributed by atoms with E-state index >= 15 is 0 Å². The Morgan fingerprint density at radius 2 is 1.65 bits per heavy atom. The van der Waals surface area contributed by atoms with Gasteiger partial charge in [0.2, 0.25) is 12.5 Å². The van der Waals surface area contributed by atoms with Gasteiger partial charge in [-0.1, -0.05) is 0 Å². The summed E-state index contributed by atoms with van der Waals surface area (Å²) in [7, 11) is 0. The highest BCUT2D eigenvalue weighted by atomic mass is 19.4. The van der Waals surface area contributed by atoms with E-state index in [1.807, 2.05) is 0 Å². The highest BCUT2D eigenvalue weighted by molar-refractivity contribution is 5.56. The molecule has 0 aromatic rings. The van der Waals surface area contributed by atoms with Crippen LogP contribution in [0.5, 0.6) is 0 Å². The first-order valence-corrected chi connectivity index (χ1v) is 4.11. The third-order valence-electron chi connectivity index (χ3n) is 1.37. The predicted octanol–water partition coefficient (Wildman–Crippen LogP) is 0.808. The molecule has 4 nitrogen and oxygen atoms in total. The molecule has 0 bridgehead atoms. The van der Waals surface area contributed by atoms with Crippen LogP contribution in [-0.2, 0) is 9.53 Å². The first-order chi connectivity index (χ1) is 7.17. The maximum atomic E-state index is 11.8. The summed E-state index contributed by atoms with van der Waals surface area (Å²) < 4.78 is 70.9. The summed E-state index contributed by atoms with van der Waals surface area (Å²) in [6.07, 6.45) is -11.1. The second-order valence-corrected chi connectivity index (χ2v) is 2.76. The van der Waals surface area contributed by atoms with Crippen molar-refractivity contribution in [3.8, 4) is 0 Å². The van der Waals surface area contributed by atoms with Gasteiger partial charge in [-0.05, 0) is 13.0 Å². The zero-order chi connectivity index (χ0) is 12.8. The summed E-state index contributed by atoms with van der Waals surface area (Å²) in [5, 5.41) is 2.21. The Labute approximate surface area is 92.2 Å². The zero-order valence-corrected chi connectivity index (χ0v) is 8.36. The maximum Gasteiger partial charge on any atom is 0.446 e. The molecule has 104 valence electrons. The minimum Gasteiger partial charge on any atom is -0.412 e. The van der Waals surface area contributed by atoms with Gasteiger partial charge in [0.05, 0.1) is 6.61 Å². The number of carbonyl (C=O) groups is 1. The largest absolute Gasteiger partial charge is 0.446 e. The molecule has 3 N–H and O–H groups in total. The van der Waals surface area contributed by atoms with Crippen LogP contribution in [0.1, 0.15) is 6.42 Å². The van der Waals surface area contributed by atoms with Crippen LogP contribution in [0.4, 0.5) is 26.3 Å². The second-order valence-electron chi connectivity index (χ2n) is 2.76. The van der Waals surface area contributed by atoms with Crippen LogP contribution in [0, 0.1) is 0 Å². The molecule has 0 spiro atoms. The van der Waals surface area contributed by atoms with Crippen LogP contribution in [-0.4, -0.2) is 43.5 Å². The first-order valence-electron chi connectivity index (χ1n) is 4.11. The van der Waals surface area contributed by atoms with E-state index in [1.165, 1.54) is 0 Å². The highest BCUT2D eigenvalue weighted by Crippen LogP contribution is 2.22. The van der Waals surface area contributed by atoms with E-state index in [9.17, 15) is 26.3 Å². The number of alkyl halides is 6. The SMILES string of the molecule is FC(F)(F)C1NCCCO1.O.O=CC(F)(F)F. The molecule has 1 heterocycles. The van der Waals surface area contributed by atoms with Crippen LogP contribution in [0.15, 0.2) is 0 Å². The molecule has 17 heavy (non-hydrogen) atoms. The Kier molecular flexibility index (Phi) is 8.11. The van der Waals surface area contributed by atoms with Gasteiger partial charge in [0.25, 0.3) is 0 Å². The Bertz CT molecular complexity index is 211. The number of nitrogens with one attached hydrogen (secondary N) is 1. The highest BCUT2D eigenvalue weighted by Gasteiger charge is 2.41. The molecule has 1 saturated heterocycles. The standard InChI is InChI=1S/C5H8F3NO.C2HF3O.H2O/c6-5(7,8)4-9-2-1-3-10-4;3-2(4,5)1-6;/h4,9H,1-3H2;1H;1H2. The topological polar surface area (TPSA) is 69.8 Å². The van der Waals surface area contributed by atoms with E-state index < -0.39 is 24.9 Å². The van der Waals surface area contributed by atoms with Crippen molar-refractivity contribution in [3.05, 3.63) is 0 Å². The van der Waals surface area contributed by atoms with Crippen LogP contribution in [0.25, 0.3) is 0 Å². The van der Waals surface area contributed by atoms with Gasteiger partial charge in [0.1, 0.15) is 0 Å². The fourth-order valence-corrected chi connectivity index (χ4v) is 0.776. The van der Waals surface area contributed by atoms with Crippen molar-refractivity contribution in [1.82, 2.24) is 5.32 Å². The van der Waals surface area contributed by atoms with Crippen molar-refractivity contribution in [3.63, 3.8) is 0 Å². The minimum atomic E-state index is -4.64. The van der Waals surface area contributed by atoms with Gasteiger partial charge in [0.15, 0.2) is 0 Å². The molecular weight excluding hydrogens is 260 g/mol. The van der Waals surface area contributed by atoms with Crippen molar-refractivity contribution in [1.29, 1.82) is 0 Å². The number of hydrogen-bond donors (Lipinski definition) is 1. The fraction of sp³-hybridized carbons (Fsp3) is 0.857. The van der Waals surface area contributed by atoms with E-state index in [1.54, 1.807) is 0 Å². The lowest BCUT2D eigenvalue weighted by Crippen LogP contribution is -2.48. The average molecular weight is 271 g/mol. The quantitative estimate of drug-likeness (QED) is 0.523. The lowest BCUT2D eigenvalue weighted by Gasteiger charge is -2.25. The molecule has 0 saturated carbocycles. The summed E-state index contributed by atoms with van der Waals surface area (Å²) in [5.74, 6) is 0. The second kappa shape index (κ2) is 7.45. The lowest BCUT2D eigenvalue weighted by molar-refractivity contribution is -0.237. The summed E-state index contributed by atoms with van der Waals surface area (Å²) in [4.78, 5) is 8.70. The Hall–Kier alpha value is -0.870. The molecule has 0 aromatic heterocycles. The Morgan fingerprint density at radius 1 is 1.18 bits per heavy atom. The molecule has 0 aliphatic carbocycles. The van der Waals surface area contributed by atoms with Crippen molar-refractivity contribution in [2.24, 2.45) is 0 Å². The van der Waals surface area contributed by atoms with E-state index in [2.05, 4.69) is 10.1 Å². The van der Waals surface area contributed by atoms with E-state index in [4.69, 9.17) is 4.79 Å². The van der Waals surface area contributed by atoms with Gasteiger partial charge in [-0.2, -0.15) is 26.3 Å². The van der Waals surface area contributed by atoms with Gasteiger partial charge >= 0.3 is 12.4 Å². The third kappa shape index (κ3) is 10.0. The zero-order valence-electron chi connectivity index (χ0n) is 8.36. The van der Waals surface area contributed by atoms with Gasteiger partial charge in [-0.3, -0.25) is 10.1 Å². The summed E-state index contributed by atoms with van der Waals surface area (Å²) in [5.41, 5.74) is 0. The van der Waals surface area contributed by atoms with Crippen molar-refractivity contribution >= 4 is 6.29 Å². The molecule has 0 aromatic carbocycles. The minimum absolute atomic E-state index is 0. The molecule has 1 unspecified atom stereocenters. The summed E-state index contributed by atoms with van der Waals surface area (Å²) in [6, 6.07) is 0. The Morgan fingerprint density at radius 3 is 1.82 bits per heavy atom. The molecule has 1 atom stereocenters. The molecule has 10 heteroatoms. The lowest BCUT2D eigenvalue weighted by atomic mass is 10.4. The summed E-state index contributed by atoms with van der Waals surface area (Å²) >= 11 is 0. The van der Waals surface area contributed by atoms with Crippen LogP contribution in [0.3, 0.4) is 0 Å². The van der Waals surface area contributed by atoms with E-state index in [-0.39, 0.29) is 12.1 Å². The monoisotopic (exact) mass is 271 g/mol. The van der Waals surface area contributed by atoms with Gasteiger partial charge in [-0.15, -0.1) is 0 Å². The molecule has 1 fully saturated rings. The molecule has 1 aliphatic rings. The number of carbonyl (C=O) groups excluding carboxylic acids is 1. The van der Waals surface area contributed by atoms with Crippen LogP contribution in [0.2, 0.25) is 0 Å². The molecular formula is C7H11F6NO3. The van der Waals surface area contributed by atoms with E-state index in [0.717, 1.165) is 0 Å². The molecule has 0 amide bonds. The van der Waals surface area contributed by atoms with Crippen LogP contribution >= 0.6 is 0 Å². The van der Waals surface area contributed by atoms with Crippen molar-refractivity contribution in [2.75, 3.05) is 13.2 Å². The number of ether oxygens (including phenoxy) is 1. The third-order valence-corrected chi connectivity index (χ3v) is 1.37. The molecule has 0 radical (unpaired) electrons. The number of hydrogen-bond acceptors (Lipinski definition) is 3. The van der Waals surface area contributed by atoms with Gasteiger partial charge in [-0.25, -0.2) is 0 Å².